The van der Waals surface area contributed by atoms with Gasteiger partial charge < -0.3 is 5.11 Å². The zero-order valence-corrected chi connectivity index (χ0v) is 15.6. The van der Waals surface area contributed by atoms with Crippen LogP contribution in [0.3, 0.4) is 0 Å². The van der Waals surface area contributed by atoms with E-state index in [9.17, 15) is 9.90 Å². The normalized spacial score (nSPS) is 21.5. The fraction of sp³-hybridized carbons (Fsp3) is 0.381. The van der Waals surface area contributed by atoms with Crippen molar-refractivity contribution in [1.29, 1.82) is 0 Å². The molecule has 0 saturated carbocycles. The smallest absolute Gasteiger partial charge is 0.220 e. The lowest BCUT2D eigenvalue weighted by atomic mass is 9.98. The molecule has 0 aromatic heterocycles. The van der Waals surface area contributed by atoms with Gasteiger partial charge in [-0.15, -0.1) is 0 Å². The highest BCUT2D eigenvalue weighted by Gasteiger charge is 2.41. The van der Waals surface area contributed by atoms with Crippen molar-refractivity contribution in [2.24, 2.45) is 0 Å². The maximum absolute atomic E-state index is 12.3. The molecule has 128 valence electrons. The third-order valence-electron chi connectivity index (χ3n) is 4.40. The SMILES string of the molecule is C=C/C(C)=C/[C@@]1(C)SC(=O)C(CCCCc2ccc(C)cc2)=C1O. The van der Waals surface area contributed by atoms with Gasteiger partial charge in [0.1, 0.15) is 5.76 Å². The lowest BCUT2D eigenvalue weighted by Crippen LogP contribution is -2.17. The van der Waals surface area contributed by atoms with E-state index in [4.69, 9.17) is 0 Å². The van der Waals surface area contributed by atoms with E-state index >= 15 is 0 Å². The predicted octanol–water partition coefficient (Wildman–Crippen LogP) is 5.68. The lowest BCUT2D eigenvalue weighted by molar-refractivity contribution is -0.108. The minimum atomic E-state index is -0.651. The van der Waals surface area contributed by atoms with Gasteiger partial charge in [0.25, 0.3) is 0 Å². The highest BCUT2D eigenvalue weighted by molar-refractivity contribution is 8.16. The first kappa shape index (κ1) is 18.6. The highest BCUT2D eigenvalue weighted by atomic mass is 32.2. The largest absolute Gasteiger partial charge is 0.510 e. The van der Waals surface area contributed by atoms with Crippen molar-refractivity contribution in [3.05, 3.63) is 71.0 Å². The number of aliphatic hydroxyl groups excluding tert-OH is 1. The van der Waals surface area contributed by atoms with E-state index in [0.29, 0.717) is 12.0 Å². The van der Waals surface area contributed by atoms with Gasteiger partial charge in [0.2, 0.25) is 5.12 Å². The van der Waals surface area contributed by atoms with Crippen LogP contribution in [0.4, 0.5) is 0 Å². The molecule has 0 amide bonds. The molecule has 0 radical (unpaired) electrons. The molecule has 1 aromatic rings. The average Bonchev–Trinajstić information content (AvgIpc) is 2.75. The molecule has 2 rings (SSSR count). The van der Waals surface area contributed by atoms with E-state index in [1.807, 2.05) is 19.9 Å². The molecule has 1 heterocycles. The summed E-state index contributed by atoms with van der Waals surface area (Å²) in [7, 11) is 0. The number of thioether (sulfide) groups is 1. The summed E-state index contributed by atoms with van der Waals surface area (Å²) in [6.07, 6.45) is 7.21. The Morgan fingerprint density at radius 2 is 1.88 bits per heavy atom. The van der Waals surface area contributed by atoms with E-state index in [-0.39, 0.29) is 10.9 Å². The first-order valence-electron chi connectivity index (χ1n) is 8.39. The summed E-state index contributed by atoms with van der Waals surface area (Å²) in [6, 6.07) is 8.56. The van der Waals surface area contributed by atoms with Crippen LogP contribution in [0.5, 0.6) is 0 Å². The van der Waals surface area contributed by atoms with Crippen LogP contribution < -0.4 is 0 Å². The lowest BCUT2D eigenvalue weighted by Gasteiger charge is -2.18. The summed E-state index contributed by atoms with van der Waals surface area (Å²) in [5.41, 5.74) is 4.13. The van der Waals surface area contributed by atoms with E-state index < -0.39 is 4.75 Å². The topological polar surface area (TPSA) is 37.3 Å². The van der Waals surface area contributed by atoms with Gasteiger partial charge in [-0.1, -0.05) is 65.9 Å². The van der Waals surface area contributed by atoms with Crippen LogP contribution in [-0.2, 0) is 11.2 Å². The molecule has 0 aliphatic carbocycles. The molecule has 1 N–H and O–H groups in total. The Labute approximate surface area is 149 Å². The minimum absolute atomic E-state index is 0.00144. The molecular weight excluding hydrogens is 316 g/mol. The number of allylic oxidation sites excluding steroid dienone is 2. The van der Waals surface area contributed by atoms with Crippen LogP contribution in [-0.4, -0.2) is 15.0 Å². The number of unbranched alkanes of at least 4 members (excludes halogenated alkanes) is 1. The minimum Gasteiger partial charge on any atom is -0.510 e. The Morgan fingerprint density at radius 1 is 1.25 bits per heavy atom. The van der Waals surface area contributed by atoms with Gasteiger partial charge in [0.05, 0.1) is 4.75 Å². The number of hydrogen-bond donors (Lipinski definition) is 1. The van der Waals surface area contributed by atoms with Crippen molar-refractivity contribution in [3.8, 4) is 0 Å². The first-order valence-corrected chi connectivity index (χ1v) is 9.21. The van der Waals surface area contributed by atoms with Crippen LogP contribution >= 0.6 is 11.8 Å². The average molecular weight is 343 g/mol. The predicted molar refractivity (Wildman–Crippen MR) is 103 cm³/mol. The summed E-state index contributed by atoms with van der Waals surface area (Å²) >= 11 is 1.20. The van der Waals surface area contributed by atoms with Gasteiger partial charge in [-0.3, -0.25) is 4.79 Å². The molecule has 1 atom stereocenters. The summed E-state index contributed by atoms with van der Waals surface area (Å²) in [6.45, 7) is 9.63. The van der Waals surface area contributed by atoms with Crippen LogP contribution in [0.15, 0.2) is 59.9 Å². The molecule has 1 aromatic carbocycles. The summed E-state index contributed by atoms with van der Waals surface area (Å²) in [5, 5.41) is 10.5. The summed E-state index contributed by atoms with van der Waals surface area (Å²) < 4.78 is -0.651. The van der Waals surface area contributed by atoms with Crippen molar-refractivity contribution in [2.75, 3.05) is 0 Å². The maximum atomic E-state index is 12.3. The Morgan fingerprint density at radius 3 is 2.50 bits per heavy atom. The maximum Gasteiger partial charge on any atom is 0.220 e. The summed E-state index contributed by atoms with van der Waals surface area (Å²) in [5.74, 6) is 0.217. The van der Waals surface area contributed by atoms with Crippen molar-refractivity contribution in [2.45, 2.75) is 51.2 Å². The fourth-order valence-electron chi connectivity index (χ4n) is 2.90. The van der Waals surface area contributed by atoms with Crippen molar-refractivity contribution in [3.63, 3.8) is 0 Å². The Hall–Kier alpha value is -1.74. The van der Waals surface area contributed by atoms with E-state index in [2.05, 4.69) is 37.8 Å². The van der Waals surface area contributed by atoms with Crippen molar-refractivity contribution in [1.82, 2.24) is 0 Å². The van der Waals surface area contributed by atoms with Crippen molar-refractivity contribution >= 4 is 16.9 Å². The first-order chi connectivity index (χ1) is 11.4. The molecular formula is C21H26O2S. The van der Waals surface area contributed by atoms with Gasteiger partial charge in [0, 0.05) is 5.57 Å². The van der Waals surface area contributed by atoms with Gasteiger partial charge in [-0.2, -0.15) is 0 Å². The standard InChI is InChI=1S/C21H26O2S/c1-5-15(2)14-21(4)19(22)18(20(23)24-21)9-7-6-8-17-12-10-16(3)11-13-17/h5,10-14,22H,1,6-9H2,2-4H3/b15-14+/t21-/m1/s1. The van der Waals surface area contributed by atoms with Crippen LogP contribution in [0.25, 0.3) is 0 Å². The second kappa shape index (κ2) is 7.89. The molecule has 1 aliphatic rings. The molecule has 0 fully saturated rings. The van der Waals surface area contributed by atoms with Gasteiger partial charge in [-0.25, -0.2) is 0 Å². The monoisotopic (exact) mass is 342 g/mol. The number of benzene rings is 1. The third-order valence-corrected chi connectivity index (χ3v) is 5.56. The molecule has 0 bridgehead atoms. The Kier molecular flexibility index (Phi) is 6.11. The molecule has 2 nitrogen and oxygen atoms in total. The second-order valence-electron chi connectivity index (χ2n) is 6.61. The Balaban J connectivity index is 1.95. The van der Waals surface area contributed by atoms with Gasteiger partial charge in [-0.05, 0) is 52.0 Å². The van der Waals surface area contributed by atoms with E-state index in [1.54, 1.807) is 6.08 Å². The number of carbonyl (C=O) groups is 1. The molecule has 1 aliphatic heterocycles. The zero-order chi connectivity index (χ0) is 17.7. The zero-order valence-electron chi connectivity index (χ0n) is 14.8. The number of aryl methyl sites for hydroxylation is 2. The second-order valence-corrected chi connectivity index (χ2v) is 8.03. The summed E-state index contributed by atoms with van der Waals surface area (Å²) in [4.78, 5) is 12.3. The molecule has 0 spiro atoms. The van der Waals surface area contributed by atoms with E-state index in [0.717, 1.165) is 24.8 Å². The molecule has 3 heteroatoms. The number of hydrogen-bond acceptors (Lipinski definition) is 3. The molecule has 0 saturated heterocycles. The number of rotatable bonds is 7. The Bertz CT molecular complexity index is 682. The van der Waals surface area contributed by atoms with Crippen LogP contribution in [0.2, 0.25) is 0 Å². The van der Waals surface area contributed by atoms with Crippen LogP contribution in [0.1, 0.15) is 44.2 Å². The van der Waals surface area contributed by atoms with Crippen LogP contribution in [0, 0.1) is 6.92 Å². The molecule has 0 unspecified atom stereocenters. The van der Waals surface area contributed by atoms with E-state index in [1.165, 1.54) is 22.9 Å². The quantitative estimate of drug-likeness (QED) is 0.511. The fourth-order valence-corrected chi connectivity index (χ4v) is 4.07. The number of carbonyl (C=O) groups excluding carboxylic acids is 1. The van der Waals surface area contributed by atoms with Gasteiger partial charge in [0.15, 0.2) is 0 Å². The van der Waals surface area contributed by atoms with Gasteiger partial charge >= 0.3 is 0 Å². The highest BCUT2D eigenvalue weighted by Crippen LogP contribution is 2.45. The number of aliphatic hydroxyl groups is 1. The molecule has 24 heavy (non-hydrogen) atoms. The third kappa shape index (κ3) is 4.41. The van der Waals surface area contributed by atoms with Crippen molar-refractivity contribution < 1.29 is 9.90 Å².